The standard InChI is InChI=1S/C26H25N5O7/c27-14-18-2-1-11-30(18)26(35)23(29-24(32)9-10-25(33)34)12-16-15-28-22-8-7-20(13-21(16)22)38-19-5-3-17(4-6-19)31(36)37/h3-8,13,15,18,23,28H,1-2,9-12H2,(H,29,32)(H,33,34)/t18-,23-/m0/s1. The second-order valence-electron chi connectivity index (χ2n) is 8.91. The van der Waals surface area contributed by atoms with Crippen molar-refractivity contribution in [3.63, 3.8) is 0 Å². The molecule has 1 fully saturated rings. The normalized spacial score (nSPS) is 15.6. The number of aliphatic carboxylic acids is 1. The van der Waals surface area contributed by atoms with E-state index in [4.69, 9.17) is 9.84 Å². The van der Waals surface area contributed by atoms with Crippen molar-refractivity contribution in [3.8, 4) is 17.6 Å². The van der Waals surface area contributed by atoms with Crippen LogP contribution in [0, 0.1) is 21.4 Å². The van der Waals surface area contributed by atoms with Gasteiger partial charge < -0.3 is 25.0 Å². The van der Waals surface area contributed by atoms with Gasteiger partial charge in [0, 0.05) is 48.6 Å². The molecule has 0 spiro atoms. The van der Waals surface area contributed by atoms with Gasteiger partial charge in [-0.1, -0.05) is 0 Å². The number of nitro groups is 1. The Morgan fingerprint density at radius 3 is 2.63 bits per heavy atom. The van der Waals surface area contributed by atoms with Gasteiger partial charge in [0.25, 0.3) is 5.69 Å². The summed E-state index contributed by atoms with van der Waals surface area (Å²) in [7, 11) is 0. The fourth-order valence-corrected chi connectivity index (χ4v) is 4.43. The first-order chi connectivity index (χ1) is 18.2. The van der Waals surface area contributed by atoms with Crippen LogP contribution in [0.4, 0.5) is 5.69 Å². The molecule has 1 aliphatic rings. The number of nitro benzene ring substituents is 1. The van der Waals surface area contributed by atoms with Crippen LogP contribution in [0.5, 0.6) is 11.5 Å². The molecule has 2 aromatic carbocycles. The van der Waals surface area contributed by atoms with Crippen LogP contribution in [0.1, 0.15) is 31.2 Å². The van der Waals surface area contributed by atoms with Gasteiger partial charge in [0.2, 0.25) is 11.8 Å². The van der Waals surface area contributed by atoms with Crippen LogP contribution in [0.15, 0.2) is 48.7 Å². The number of non-ortho nitro benzene ring substituents is 1. The van der Waals surface area contributed by atoms with Crippen LogP contribution in [0.3, 0.4) is 0 Å². The first-order valence-corrected chi connectivity index (χ1v) is 12.0. The Hall–Kier alpha value is -4.92. The molecule has 4 rings (SSSR count). The lowest BCUT2D eigenvalue weighted by molar-refractivity contribution is -0.384. The Kier molecular flexibility index (Phi) is 7.86. The number of carboxylic acid groups (broad SMARTS) is 1. The number of benzene rings is 2. The zero-order valence-corrected chi connectivity index (χ0v) is 20.3. The summed E-state index contributed by atoms with van der Waals surface area (Å²) in [6.45, 7) is 0.402. The zero-order valence-electron chi connectivity index (χ0n) is 20.3. The van der Waals surface area contributed by atoms with E-state index in [1.54, 1.807) is 24.4 Å². The Bertz CT molecular complexity index is 1410. The molecule has 1 aromatic heterocycles. The van der Waals surface area contributed by atoms with Gasteiger partial charge in [0.1, 0.15) is 23.6 Å². The van der Waals surface area contributed by atoms with Crippen molar-refractivity contribution in [2.75, 3.05) is 6.54 Å². The lowest BCUT2D eigenvalue weighted by Gasteiger charge is -2.26. The van der Waals surface area contributed by atoms with Gasteiger partial charge in [0.15, 0.2) is 0 Å². The van der Waals surface area contributed by atoms with E-state index in [1.807, 2.05) is 0 Å². The molecule has 196 valence electrons. The van der Waals surface area contributed by atoms with Crippen molar-refractivity contribution in [1.82, 2.24) is 15.2 Å². The molecule has 12 nitrogen and oxygen atoms in total. The summed E-state index contributed by atoms with van der Waals surface area (Å²) in [4.78, 5) is 51.7. The number of carboxylic acids is 1. The Morgan fingerprint density at radius 2 is 1.95 bits per heavy atom. The predicted octanol–water partition coefficient (Wildman–Crippen LogP) is 3.28. The summed E-state index contributed by atoms with van der Waals surface area (Å²) in [6, 6.07) is 11.5. The van der Waals surface area contributed by atoms with Crippen LogP contribution in [0.25, 0.3) is 10.9 Å². The lowest BCUT2D eigenvalue weighted by Crippen LogP contribution is -2.50. The maximum Gasteiger partial charge on any atom is 0.303 e. The average Bonchev–Trinajstić information content (AvgIpc) is 3.54. The first-order valence-electron chi connectivity index (χ1n) is 12.0. The molecule has 38 heavy (non-hydrogen) atoms. The number of nitriles is 1. The molecule has 1 aliphatic heterocycles. The number of rotatable bonds is 10. The summed E-state index contributed by atoms with van der Waals surface area (Å²) >= 11 is 0. The molecule has 0 saturated carbocycles. The summed E-state index contributed by atoms with van der Waals surface area (Å²) in [6.07, 6.45) is 2.41. The van der Waals surface area contributed by atoms with Crippen LogP contribution in [-0.2, 0) is 20.8 Å². The largest absolute Gasteiger partial charge is 0.481 e. The molecular weight excluding hydrogens is 494 g/mol. The second-order valence-corrected chi connectivity index (χ2v) is 8.91. The van der Waals surface area contributed by atoms with Gasteiger partial charge in [0.05, 0.1) is 17.4 Å². The Balaban J connectivity index is 1.57. The maximum atomic E-state index is 13.4. The van der Waals surface area contributed by atoms with E-state index in [0.717, 1.165) is 10.9 Å². The fraction of sp³-hybridized carbons (Fsp3) is 0.308. The highest BCUT2D eigenvalue weighted by molar-refractivity contribution is 5.91. The molecule has 3 aromatic rings. The van der Waals surface area contributed by atoms with E-state index in [0.29, 0.717) is 36.4 Å². The fourth-order valence-electron chi connectivity index (χ4n) is 4.43. The van der Waals surface area contributed by atoms with E-state index < -0.39 is 34.8 Å². The number of fused-ring (bicyclic) bond motifs is 1. The van der Waals surface area contributed by atoms with Gasteiger partial charge in [-0.05, 0) is 48.7 Å². The van der Waals surface area contributed by atoms with Crippen molar-refractivity contribution < 1.29 is 29.2 Å². The van der Waals surface area contributed by atoms with Crippen molar-refractivity contribution >= 4 is 34.4 Å². The predicted molar refractivity (Wildman–Crippen MR) is 134 cm³/mol. The van der Waals surface area contributed by atoms with Crippen molar-refractivity contribution in [2.45, 2.75) is 44.2 Å². The van der Waals surface area contributed by atoms with Gasteiger partial charge >= 0.3 is 5.97 Å². The van der Waals surface area contributed by atoms with E-state index in [1.165, 1.54) is 29.2 Å². The minimum absolute atomic E-state index is 0.0570. The number of nitrogens with zero attached hydrogens (tertiary/aromatic N) is 3. The third-order valence-corrected chi connectivity index (χ3v) is 6.33. The number of aromatic nitrogens is 1. The number of likely N-dealkylation sites (tertiary alicyclic amines) is 1. The third-order valence-electron chi connectivity index (χ3n) is 6.33. The topological polar surface area (TPSA) is 179 Å². The number of ether oxygens (including phenoxy) is 1. The highest BCUT2D eigenvalue weighted by Crippen LogP contribution is 2.29. The quantitative estimate of drug-likeness (QED) is 0.270. The van der Waals surface area contributed by atoms with Crippen LogP contribution >= 0.6 is 0 Å². The smallest absolute Gasteiger partial charge is 0.303 e. The molecule has 0 aliphatic carbocycles. The number of amides is 2. The number of nitrogens with one attached hydrogen (secondary N) is 2. The van der Waals surface area contributed by atoms with E-state index in [2.05, 4.69) is 16.4 Å². The van der Waals surface area contributed by atoms with Crippen molar-refractivity contribution in [3.05, 3.63) is 64.3 Å². The van der Waals surface area contributed by atoms with Crippen molar-refractivity contribution in [2.24, 2.45) is 0 Å². The van der Waals surface area contributed by atoms with Gasteiger partial charge in [-0.2, -0.15) is 5.26 Å². The molecule has 2 amide bonds. The van der Waals surface area contributed by atoms with E-state index >= 15 is 0 Å². The number of H-pyrrole nitrogens is 1. The SMILES string of the molecule is N#C[C@@H]1CCCN1C(=O)[C@H](Cc1c[nH]c2ccc(Oc3ccc([N+](=O)[O-])cc3)cc12)NC(=O)CCC(=O)O. The summed E-state index contributed by atoms with van der Waals surface area (Å²) < 4.78 is 5.85. The summed E-state index contributed by atoms with van der Waals surface area (Å²) in [5, 5.41) is 32.6. The van der Waals surface area contributed by atoms with Crippen LogP contribution < -0.4 is 10.1 Å². The Labute approximate surface area is 217 Å². The highest BCUT2D eigenvalue weighted by atomic mass is 16.6. The number of carbonyl (C=O) groups is 3. The van der Waals surface area contributed by atoms with Crippen LogP contribution in [-0.4, -0.2) is 56.3 Å². The summed E-state index contributed by atoms with van der Waals surface area (Å²) in [5.41, 5.74) is 1.41. The molecule has 2 heterocycles. The van der Waals surface area contributed by atoms with E-state index in [-0.39, 0.29) is 24.9 Å². The molecule has 0 radical (unpaired) electrons. The average molecular weight is 520 g/mol. The van der Waals surface area contributed by atoms with Crippen molar-refractivity contribution in [1.29, 1.82) is 5.26 Å². The minimum Gasteiger partial charge on any atom is -0.481 e. The van der Waals surface area contributed by atoms with Gasteiger partial charge in [-0.25, -0.2) is 0 Å². The molecule has 1 saturated heterocycles. The number of aromatic amines is 1. The molecule has 0 unspecified atom stereocenters. The number of hydrogen-bond acceptors (Lipinski definition) is 7. The first kappa shape index (κ1) is 26.2. The summed E-state index contributed by atoms with van der Waals surface area (Å²) in [5.74, 6) is -1.22. The van der Waals surface area contributed by atoms with E-state index in [9.17, 15) is 29.8 Å². The monoisotopic (exact) mass is 519 g/mol. The molecule has 12 heteroatoms. The molecular formula is C26H25N5O7. The number of hydrogen-bond donors (Lipinski definition) is 3. The van der Waals surface area contributed by atoms with Gasteiger partial charge in [-0.15, -0.1) is 0 Å². The van der Waals surface area contributed by atoms with Crippen LogP contribution in [0.2, 0.25) is 0 Å². The number of carbonyl (C=O) groups excluding carboxylic acids is 2. The zero-order chi connectivity index (χ0) is 27.2. The Morgan fingerprint density at radius 1 is 1.21 bits per heavy atom. The highest BCUT2D eigenvalue weighted by Gasteiger charge is 2.34. The van der Waals surface area contributed by atoms with Gasteiger partial charge in [-0.3, -0.25) is 24.5 Å². The minimum atomic E-state index is -1.12. The lowest BCUT2D eigenvalue weighted by atomic mass is 10.0. The molecule has 0 bridgehead atoms. The molecule has 2 atom stereocenters. The maximum absolute atomic E-state index is 13.4. The molecule has 3 N–H and O–H groups in total. The third kappa shape index (κ3) is 6.07. The second kappa shape index (κ2) is 11.4.